The van der Waals surface area contributed by atoms with Crippen LogP contribution < -0.4 is 4.90 Å². The number of hydrogen-bond acceptors (Lipinski definition) is 7. The number of thiophene rings is 1. The highest BCUT2D eigenvalue weighted by atomic mass is 32.1. The Kier molecular flexibility index (Phi) is 6.79. The number of piperazine rings is 1. The van der Waals surface area contributed by atoms with Gasteiger partial charge in [0.15, 0.2) is 0 Å². The van der Waals surface area contributed by atoms with Gasteiger partial charge in [-0.15, -0.1) is 11.3 Å². The van der Waals surface area contributed by atoms with Gasteiger partial charge in [0.1, 0.15) is 0 Å². The molecule has 5 rings (SSSR count). The first-order valence-corrected chi connectivity index (χ1v) is 12.5. The quantitative estimate of drug-likeness (QED) is 0.513. The average Bonchev–Trinajstić information content (AvgIpc) is 3.56. The fourth-order valence-electron chi connectivity index (χ4n) is 4.74. The van der Waals surface area contributed by atoms with E-state index < -0.39 is 11.7 Å². The number of likely N-dealkylation sites (tertiary alicyclic amines) is 1. The molecule has 2 aliphatic rings. The Morgan fingerprint density at radius 3 is 2.69 bits per heavy atom. The zero-order valence-electron chi connectivity index (χ0n) is 19.1. The molecule has 11 heteroatoms. The van der Waals surface area contributed by atoms with E-state index in [9.17, 15) is 18.0 Å². The van der Waals surface area contributed by atoms with Gasteiger partial charge in [-0.05, 0) is 49.0 Å². The van der Waals surface area contributed by atoms with Crippen LogP contribution in [0.4, 0.5) is 18.9 Å². The normalized spacial score (nSPS) is 19.8. The maximum atomic E-state index is 13.2. The van der Waals surface area contributed by atoms with Crippen molar-refractivity contribution in [2.24, 2.45) is 5.92 Å². The molecule has 0 saturated carbocycles. The first-order valence-electron chi connectivity index (χ1n) is 11.7. The number of rotatable bonds is 5. The molecule has 1 unspecified atom stereocenters. The van der Waals surface area contributed by atoms with Gasteiger partial charge >= 0.3 is 6.18 Å². The Bertz CT molecular complexity index is 1140. The number of alkyl halides is 3. The predicted octanol–water partition coefficient (Wildman–Crippen LogP) is 4.38. The van der Waals surface area contributed by atoms with Crippen LogP contribution in [0.5, 0.6) is 0 Å². The number of amides is 1. The molecule has 186 valence electrons. The topological polar surface area (TPSA) is 65.7 Å². The van der Waals surface area contributed by atoms with Crippen LogP contribution >= 0.6 is 11.3 Å². The van der Waals surface area contributed by atoms with E-state index in [2.05, 4.69) is 15.0 Å². The van der Waals surface area contributed by atoms with Gasteiger partial charge in [-0.3, -0.25) is 9.69 Å². The Morgan fingerprint density at radius 2 is 1.94 bits per heavy atom. The van der Waals surface area contributed by atoms with Crippen LogP contribution in [0.25, 0.3) is 10.7 Å². The second-order valence-corrected chi connectivity index (χ2v) is 9.87. The van der Waals surface area contributed by atoms with E-state index in [1.54, 1.807) is 17.4 Å². The van der Waals surface area contributed by atoms with Gasteiger partial charge in [-0.1, -0.05) is 17.3 Å². The number of nitrogens with zero attached hydrogens (tertiary/aromatic N) is 5. The molecule has 35 heavy (non-hydrogen) atoms. The lowest BCUT2D eigenvalue weighted by Crippen LogP contribution is -2.52. The lowest BCUT2D eigenvalue weighted by atomic mass is 9.96. The second-order valence-electron chi connectivity index (χ2n) is 8.92. The monoisotopic (exact) mass is 505 g/mol. The van der Waals surface area contributed by atoms with Crippen molar-refractivity contribution in [3.8, 4) is 10.7 Å². The van der Waals surface area contributed by atoms with E-state index in [0.717, 1.165) is 30.3 Å². The summed E-state index contributed by atoms with van der Waals surface area (Å²) in [7, 11) is 0. The Hall–Kier alpha value is -2.92. The van der Waals surface area contributed by atoms with E-state index in [4.69, 9.17) is 4.52 Å². The number of piperidine rings is 1. The van der Waals surface area contributed by atoms with Crippen molar-refractivity contribution in [1.82, 2.24) is 19.9 Å². The summed E-state index contributed by atoms with van der Waals surface area (Å²) in [5, 5.41) is 6.02. The Morgan fingerprint density at radius 1 is 1.11 bits per heavy atom. The van der Waals surface area contributed by atoms with Crippen molar-refractivity contribution in [1.29, 1.82) is 0 Å². The number of carbonyl (C=O) groups is 1. The molecule has 2 aromatic heterocycles. The van der Waals surface area contributed by atoms with Gasteiger partial charge in [-0.2, -0.15) is 18.2 Å². The van der Waals surface area contributed by atoms with Crippen LogP contribution in [0.1, 0.15) is 24.3 Å². The molecule has 1 atom stereocenters. The average molecular weight is 506 g/mol. The van der Waals surface area contributed by atoms with Crippen LogP contribution in [-0.4, -0.2) is 65.1 Å². The number of halogens is 3. The minimum Gasteiger partial charge on any atom is -0.368 e. The molecule has 3 aromatic rings. The standard InChI is InChI=1S/C24H26F3N5O2S/c25-24(26,27)18-5-1-6-19(14-18)31-9-11-32(12-10-31)23(33)17-4-2-8-30(15-17)16-21-28-22(29-34-21)20-7-3-13-35-20/h1,3,5-7,13-14,17H,2,4,8-12,15-16H2. The lowest BCUT2D eigenvalue weighted by Gasteiger charge is -2.39. The maximum Gasteiger partial charge on any atom is 0.416 e. The number of hydrogen-bond donors (Lipinski definition) is 0. The van der Waals surface area contributed by atoms with Crippen molar-refractivity contribution in [2.45, 2.75) is 25.6 Å². The van der Waals surface area contributed by atoms with E-state index >= 15 is 0 Å². The Labute approximate surface area is 205 Å². The first-order chi connectivity index (χ1) is 16.9. The zero-order chi connectivity index (χ0) is 24.4. The van der Waals surface area contributed by atoms with E-state index in [-0.39, 0.29) is 11.8 Å². The van der Waals surface area contributed by atoms with E-state index in [0.29, 0.717) is 56.7 Å². The highest BCUT2D eigenvalue weighted by molar-refractivity contribution is 7.13. The van der Waals surface area contributed by atoms with Gasteiger partial charge in [0.2, 0.25) is 17.6 Å². The molecule has 2 saturated heterocycles. The van der Waals surface area contributed by atoms with Crippen LogP contribution in [0.2, 0.25) is 0 Å². The molecule has 2 aliphatic heterocycles. The summed E-state index contributed by atoms with van der Waals surface area (Å²) in [6.45, 7) is 4.02. The highest BCUT2D eigenvalue weighted by Gasteiger charge is 2.33. The molecule has 1 aromatic carbocycles. The van der Waals surface area contributed by atoms with Gasteiger partial charge < -0.3 is 14.3 Å². The SMILES string of the molecule is O=C(C1CCCN(Cc2nc(-c3cccs3)no2)C1)N1CCN(c2cccc(C(F)(F)F)c2)CC1. The molecule has 2 fully saturated rings. The van der Waals surface area contributed by atoms with Crippen LogP contribution in [0, 0.1) is 5.92 Å². The van der Waals surface area contributed by atoms with Crippen molar-refractivity contribution >= 4 is 22.9 Å². The Balaban J connectivity index is 1.15. The molecule has 1 amide bonds. The minimum absolute atomic E-state index is 0.108. The van der Waals surface area contributed by atoms with Gasteiger partial charge in [0.05, 0.1) is 22.9 Å². The lowest BCUT2D eigenvalue weighted by molar-refractivity contribution is -0.138. The fourth-order valence-corrected chi connectivity index (χ4v) is 5.39. The van der Waals surface area contributed by atoms with Gasteiger partial charge in [0.25, 0.3) is 0 Å². The molecule has 0 N–H and O–H groups in total. The summed E-state index contributed by atoms with van der Waals surface area (Å²) >= 11 is 1.55. The molecule has 0 aliphatic carbocycles. The number of benzene rings is 1. The number of aromatic nitrogens is 2. The summed E-state index contributed by atoms with van der Waals surface area (Å²) in [4.78, 5) is 24.6. The molecule has 0 spiro atoms. The van der Waals surface area contributed by atoms with Crippen molar-refractivity contribution in [3.63, 3.8) is 0 Å². The summed E-state index contributed by atoms with van der Waals surface area (Å²) in [5.41, 5.74) is -0.114. The van der Waals surface area contributed by atoms with E-state index in [1.165, 1.54) is 12.1 Å². The smallest absolute Gasteiger partial charge is 0.368 e. The summed E-state index contributed by atoms with van der Waals surface area (Å²) < 4.78 is 44.6. The zero-order valence-corrected chi connectivity index (χ0v) is 19.9. The third-order valence-electron chi connectivity index (χ3n) is 6.55. The molecule has 0 radical (unpaired) electrons. The largest absolute Gasteiger partial charge is 0.416 e. The van der Waals surface area contributed by atoms with Crippen LogP contribution in [0.15, 0.2) is 46.3 Å². The predicted molar refractivity (Wildman–Crippen MR) is 126 cm³/mol. The highest BCUT2D eigenvalue weighted by Crippen LogP contribution is 2.32. The van der Waals surface area contributed by atoms with Gasteiger partial charge in [-0.25, -0.2) is 0 Å². The second kappa shape index (κ2) is 9.98. The number of anilines is 1. The number of carbonyl (C=O) groups excluding carboxylic acids is 1. The van der Waals surface area contributed by atoms with Gasteiger partial charge in [0, 0.05) is 38.4 Å². The fraction of sp³-hybridized carbons (Fsp3) is 0.458. The van der Waals surface area contributed by atoms with Crippen LogP contribution in [-0.2, 0) is 17.5 Å². The molecular formula is C24H26F3N5O2S. The molecule has 4 heterocycles. The summed E-state index contributed by atoms with van der Waals surface area (Å²) in [5.74, 6) is 1.13. The summed E-state index contributed by atoms with van der Waals surface area (Å²) in [6, 6.07) is 9.26. The van der Waals surface area contributed by atoms with E-state index in [1.807, 2.05) is 27.3 Å². The van der Waals surface area contributed by atoms with Crippen molar-refractivity contribution in [3.05, 3.63) is 53.2 Å². The van der Waals surface area contributed by atoms with Crippen molar-refractivity contribution < 1.29 is 22.5 Å². The third kappa shape index (κ3) is 5.51. The summed E-state index contributed by atoms with van der Waals surface area (Å²) in [6.07, 6.45) is -2.63. The van der Waals surface area contributed by atoms with Crippen molar-refractivity contribution in [2.75, 3.05) is 44.2 Å². The molecule has 0 bridgehead atoms. The van der Waals surface area contributed by atoms with Crippen LogP contribution in [0.3, 0.4) is 0 Å². The third-order valence-corrected chi connectivity index (χ3v) is 7.42. The molecular weight excluding hydrogens is 479 g/mol. The minimum atomic E-state index is -4.37. The maximum absolute atomic E-state index is 13.2. The first kappa shape index (κ1) is 23.8. The molecule has 7 nitrogen and oxygen atoms in total.